The summed E-state index contributed by atoms with van der Waals surface area (Å²) in [5.41, 5.74) is 6.08. The molecule has 3 rings (SSSR count). The molecule has 0 spiro atoms. The van der Waals surface area contributed by atoms with Crippen LogP contribution in [-0.4, -0.2) is 18.6 Å². The molecule has 2 aliphatic carbocycles. The highest BCUT2D eigenvalue weighted by Crippen LogP contribution is 2.47. The maximum absolute atomic E-state index is 12.2. The zero-order chi connectivity index (χ0) is 14.9. The molecule has 21 heavy (non-hydrogen) atoms. The van der Waals surface area contributed by atoms with Gasteiger partial charge in [-0.15, -0.1) is 0 Å². The van der Waals surface area contributed by atoms with Crippen molar-refractivity contribution in [1.29, 1.82) is 0 Å². The number of hydrogen-bond acceptors (Lipinski definition) is 3. The number of hydrogen-bond donors (Lipinski definition) is 2. The molecule has 3 N–H and O–H groups in total. The van der Waals surface area contributed by atoms with Crippen LogP contribution in [0.2, 0.25) is 0 Å². The molecule has 2 aliphatic rings. The first-order valence-electron chi connectivity index (χ1n) is 7.85. The third-order valence-electron chi connectivity index (χ3n) is 5.00. The van der Waals surface area contributed by atoms with Gasteiger partial charge in [-0.3, -0.25) is 4.79 Å². The van der Waals surface area contributed by atoms with Crippen LogP contribution in [0.5, 0.6) is 5.75 Å². The second-order valence-electron chi connectivity index (χ2n) is 6.50. The van der Waals surface area contributed by atoms with E-state index in [1.165, 1.54) is 19.3 Å². The lowest BCUT2D eigenvalue weighted by molar-refractivity contribution is -0.124. The van der Waals surface area contributed by atoms with Gasteiger partial charge < -0.3 is 15.8 Å². The molecule has 114 valence electrons. The zero-order valence-corrected chi connectivity index (χ0v) is 12.6. The molecule has 2 unspecified atom stereocenters. The molecule has 4 heteroatoms. The van der Waals surface area contributed by atoms with Crippen molar-refractivity contribution in [1.82, 2.24) is 0 Å². The van der Waals surface area contributed by atoms with Gasteiger partial charge in [0.05, 0.1) is 7.11 Å². The highest BCUT2D eigenvalue weighted by molar-refractivity contribution is 5.88. The number of methoxy groups -OCH3 is 1. The fraction of sp³-hybridized carbons (Fsp3) is 0.588. The van der Waals surface area contributed by atoms with Crippen LogP contribution >= 0.6 is 0 Å². The van der Waals surface area contributed by atoms with E-state index in [4.69, 9.17) is 10.5 Å². The lowest BCUT2D eigenvalue weighted by atomic mass is 9.73. The predicted octanol–water partition coefficient (Wildman–Crippen LogP) is 2.93. The Morgan fingerprint density at radius 3 is 2.81 bits per heavy atom. The summed E-state index contributed by atoms with van der Waals surface area (Å²) < 4.78 is 5.25. The Bertz CT molecular complexity index is 527. The third-order valence-corrected chi connectivity index (χ3v) is 5.00. The summed E-state index contributed by atoms with van der Waals surface area (Å²) in [7, 11) is 1.65. The lowest BCUT2D eigenvalue weighted by Gasteiger charge is -2.40. The Labute approximate surface area is 126 Å². The number of nitrogens with one attached hydrogen (secondary N) is 1. The van der Waals surface area contributed by atoms with E-state index < -0.39 is 5.54 Å². The first kappa shape index (κ1) is 14.2. The Kier molecular flexibility index (Phi) is 3.79. The molecule has 2 atom stereocenters. The minimum atomic E-state index is -0.599. The van der Waals surface area contributed by atoms with E-state index in [0.717, 1.165) is 36.6 Å². The zero-order valence-electron chi connectivity index (χ0n) is 12.6. The quantitative estimate of drug-likeness (QED) is 0.875. The van der Waals surface area contributed by atoms with Gasteiger partial charge in [0.15, 0.2) is 0 Å². The second kappa shape index (κ2) is 5.58. The van der Waals surface area contributed by atoms with Crippen molar-refractivity contribution in [3.8, 4) is 5.75 Å². The largest absolute Gasteiger partial charge is 0.497 e. The number of nitrogens with two attached hydrogens (primary N) is 1. The maximum atomic E-state index is 12.2. The molecule has 4 nitrogen and oxygen atoms in total. The fourth-order valence-electron chi connectivity index (χ4n) is 3.66. The molecule has 1 amide bonds. The van der Waals surface area contributed by atoms with Gasteiger partial charge in [-0.2, -0.15) is 0 Å². The maximum Gasteiger partial charge on any atom is 0.243 e. The smallest absolute Gasteiger partial charge is 0.243 e. The van der Waals surface area contributed by atoms with Gasteiger partial charge in [-0.1, -0.05) is 12.5 Å². The summed E-state index contributed by atoms with van der Waals surface area (Å²) in [4.78, 5) is 12.2. The number of rotatable bonds is 5. The number of benzene rings is 1. The van der Waals surface area contributed by atoms with E-state index in [2.05, 4.69) is 5.32 Å². The minimum Gasteiger partial charge on any atom is -0.497 e. The van der Waals surface area contributed by atoms with E-state index in [1.807, 2.05) is 24.3 Å². The number of carbonyl (C=O) groups excluding carboxylic acids is 1. The van der Waals surface area contributed by atoms with Gasteiger partial charge in [-0.05, 0) is 56.1 Å². The molecule has 2 fully saturated rings. The summed E-state index contributed by atoms with van der Waals surface area (Å²) in [5.74, 6) is 2.02. The Hall–Kier alpha value is -1.71. The molecule has 0 radical (unpaired) electrons. The van der Waals surface area contributed by atoms with E-state index >= 15 is 0 Å². The van der Waals surface area contributed by atoms with Crippen molar-refractivity contribution in [2.75, 3.05) is 12.4 Å². The monoisotopic (exact) mass is 288 g/mol. The highest BCUT2D eigenvalue weighted by atomic mass is 16.5. The number of ether oxygens (including phenoxy) is 1. The van der Waals surface area contributed by atoms with Crippen LogP contribution in [0.25, 0.3) is 0 Å². The topological polar surface area (TPSA) is 64.3 Å². The molecule has 0 saturated heterocycles. The number of anilines is 1. The average Bonchev–Trinajstić information content (AvgIpc) is 3.32. The summed E-state index contributed by atoms with van der Waals surface area (Å²) >= 11 is 0. The van der Waals surface area contributed by atoms with E-state index in [-0.39, 0.29) is 5.91 Å². The summed E-state index contributed by atoms with van der Waals surface area (Å²) in [6.45, 7) is 0. The van der Waals surface area contributed by atoms with E-state index in [9.17, 15) is 4.79 Å². The standard InChI is InChI=1S/C17H24N2O2/c1-21-15-6-2-5-14(10-15)19-17(16(18)20)9-3-4-13(11-17)12-7-8-12/h2,5-6,10,12-13,19H,3-4,7-9,11H2,1H3,(H2,18,20). The first-order valence-corrected chi connectivity index (χ1v) is 7.85. The van der Waals surface area contributed by atoms with Crippen LogP contribution in [0.4, 0.5) is 5.69 Å². The van der Waals surface area contributed by atoms with Gasteiger partial charge >= 0.3 is 0 Å². The van der Waals surface area contributed by atoms with Crippen molar-refractivity contribution >= 4 is 11.6 Å². The van der Waals surface area contributed by atoms with Gasteiger partial charge in [0.25, 0.3) is 0 Å². The van der Waals surface area contributed by atoms with Crippen LogP contribution in [0.1, 0.15) is 38.5 Å². The third kappa shape index (κ3) is 2.99. The SMILES string of the molecule is COc1cccc(NC2(C(N)=O)CCCC(C3CC3)C2)c1. The molecular weight excluding hydrogens is 264 g/mol. The Morgan fingerprint density at radius 1 is 1.33 bits per heavy atom. The Balaban J connectivity index is 1.81. The Morgan fingerprint density at radius 2 is 2.14 bits per heavy atom. The van der Waals surface area contributed by atoms with Crippen LogP contribution in [0, 0.1) is 11.8 Å². The van der Waals surface area contributed by atoms with Crippen LogP contribution < -0.4 is 15.8 Å². The molecular formula is C17H24N2O2. The predicted molar refractivity (Wildman–Crippen MR) is 83.2 cm³/mol. The number of primary amides is 1. The van der Waals surface area contributed by atoms with Crippen LogP contribution in [0.3, 0.4) is 0 Å². The minimum absolute atomic E-state index is 0.226. The van der Waals surface area contributed by atoms with Gasteiger partial charge in [-0.25, -0.2) is 0 Å². The van der Waals surface area contributed by atoms with Gasteiger partial charge in [0.1, 0.15) is 11.3 Å². The summed E-state index contributed by atoms with van der Waals surface area (Å²) in [6.07, 6.45) is 6.63. The molecule has 0 aromatic heterocycles. The lowest BCUT2D eigenvalue weighted by Crippen LogP contribution is -2.53. The fourth-order valence-corrected chi connectivity index (χ4v) is 3.66. The van der Waals surface area contributed by atoms with Crippen LogP contribution in [-0.2, 0) is 4.79 Å². The molecule has 0 aliphatic heterocycles. The van der Waals surface area contributed by atoms with E-state index in [1.54, 1.807) is 7.11 Å². The number of carbonyl (C=O) groups is 1. The molecule has 2 saturated carbocycles. The normalized spacial score (nSPS) is 28.9. The van der Waals surface area contributed by atoms with Crippen molar-refractivity contribution in [2.24, 2.45) is 17.6 Å². The van der Waals surface area contributed by atoms with Crippen molar-refractivity contribution in [3.05, 3.63) is 24.3 Å². The van der Waals surface area contributed by atoms with E-state index in [0.29, 0.717) is 5.92 Å². The van der Waals surface area contributed by atoms with Gasteiger partial charge in [0, 0.05) is 11.8 Å². The second-order valence-corrected chi connectivity index (χ2v) is 6.50. The first-order chi connectivity index (χ1) is 10.1. The molecule has 1 aromatic carbocycles. The molecule has 1 aromatic rings. The summed E-state index contributed by atoms with van der Waals surface area (Å²) in [6, 6.07) is 7.71. The van der Waals surface area contributed by atoms with Crippen molar-refractivity contribution < 1.29 is 9.53 Å². The number of amides is 1. The van der Waals surface area contributed by atoms with Crippen molar-refractivity contribution in [2.45, 2.75) is 44.1 Å². The molecule has 0 heterocycles. The van der Waals surface area contributed by atoms with Crippen LogP contribution in [0.15, 0.2) is 24.3 Å². The van der Waals surface area contributed by atoms with Gasteiger partial charge in [0.2, 0.25) is 5.91 Å². The van der Waals surface area contributed by atoms with Crippen molar-refractivity contribution in [3.63, 3.8) is 0 Å². The average molecular weight is 288 g/mol. The highest BCUT2D eigenvalue weighted by Gasteiger charge is 2.45. The summed E-state index contributed by atoms with van der Waals surface area (Å²) in [5, 5.41) is 3.43. The molecule has 0 bridgehead atoms.